The molecular formula is C20H23NO2S. The van der Waals surface area contributed by atoms with Gasteiger partial charge in [0.1, 0.15) is 5.75 Å². The van der Waals surface area contributed by atoms with Crippen LogP contribution in [0.15, 0.2) is 59.5 Å². The number of carbonyl (C=O) groups excluding carboxylic acids is 1. The molecule has 4 heteroatoms. The monoisotopic (exact) mass is 341 g/mol. The highest BCUT2D eigenvalue weighted by molar-refractivity contribution is 7.99. The molecule has 1 saturated heterocycles. The summed E-state index contributed by atoms with van der Waals surface area (Å²) >= 11 is 1.78. The third kappa shape index (κ3) is 4.78. The van der Waals surface area contributed by atoms with E-state index < -0.39 is 0 Å². The molecule has 0 N–H and O–H groups in total. The Hall–Kier alpha value is -1.94. The van der Waals surface area contributed by atoms with Crippen molar-refractivity contribution in [2.75, 3.05) is 25.4 Å². The van der Waals surface area contributed by atoms with Gasteiger partial charge in [0.2, 0.25) is 0 Å². The van der Waals surface area contributed by atoms with Gasteiger partial charge in [-0.15, -0.1) is 11.8 Å². The molecule has 0 saturated carbocycles. The minimum absolute atomic E-state index is 0.140. The molecule has 0 unspecified atom stereocenters. The minimum Gasteiger partial charge on any atom is -0.493 e. The van der Waals surface area contributed by atoms with Crippen LogP contribution < -0.4 is 4.74 Å². The fourth-order valence-corrected chi connectivity index (χ4v) is 3.56. The fraction of sp³-hybridized carbons (Fsp3) is 0.350. The summed E-state index contributed by atoms with van der Waals surface area (Å²) in [5.74, 6) is 1.86. The van der Waals surface area contributed by atoms with E-state index in [-0.39, 0.29) is 5.91 Å². The van der Waals surface area contributed by atoms with Crippen molar-refractivity contribution in [2.24, 2.45) is 0 Å². The molecule has 0 spiro atoms. The summed E-state index contributed by atoms with van der Waals surface area (Å²) in [6, 6.07) is 17.8. The molecule has 126 valence electrons. The Morgan fingerprint density at radius 2 is 1.67 bits per heavy atom. The molecule has 1 amide bonds. The van der Waals surface area contributed by atoms with Gasteiger partial charge in [-0.2, -0.15) is 0 Å². The maximum atomic E-state index is 12.4. The average molecular weight is 341 g/mol. The number of carbonyl (C=O) groups is 1. The summed E-state index contributed by atoms with van der Waals surface area (Å²) in [4.78, 5) is 15.6. The van der Waals surface area contributed by atoms with E-state index in [0.29, 0.717) is 6.61 Å². The molecule has 0 atom stereocenters. The Labute approximate surface area is 148 Å². The predicted molar refractivity (Wildman–Crippen MR) is 98.9 cm³/mol. The number of hydrogen-bond acceptors (Lipinski definition) is 3. The van der Waals surface area contributed by atoms with Crippen LogP contribution in [0.4, 0.5) is 0 Å². The summed E-state index contributed by atoms with van der Waals surface area (Å²) in [5.41, 5.74) is 0.753. The van der Waals surface area contributed by atoms with Crippen molar-refractivity contribution in [1.29, 1.82) is 0 Å². The second-order valence-corrected chi connectivity index (χ2v) is 7.06. The summed E-state index contributed by atoms with van der Waals surface area (Å²) in [5, 5.41) is 0. The zero-order valence-electron chi connectivity index (χ0n) is 13.8. The number of thioether (sulfide) groups is 1. The molecule has 24 heavy (non-hydrogen) atoms. The number of likely N-dealkylation sites (tertiary alicyclic amines) is 1. The highest BCUT2D eigenvalue weighted by Crippen LogP contribution is 2.19. The first-order chi connectivity index (χ1) is 11.8. The van der Waals surface area contributed by atoms with Gasteiger partial charge in [0.25, 0.3) is 5.91 Å². The van der Waals surface area contributed by atoms with Gasteiger partial charge in [0.15, 0.2) is 0 Å². The van der Waals surface area contributed by atoms with Crippen LogP contribution in [0, 0.1) is 0 Å². The Bertz CT molecular complexity index is 636. The Kier molecular flexibility index (Phi) is 6.19. The molecular weight excluding hydrogens is 318 g/mol. The largest absolute Gasteiger partial charge is 0.493 e. The Morgan fingerprint density at radius 3 is 2.38 bits per heavy atom. The smallest absolute Gasteiger partial charge is 0.253 e. The van der Waals surface area contributed by atoms with Gasteiger partial charge >= 0.3 is 0 Å². The third-order valence-corrected chi connectivity index (χ3v) is 5.08. The number of benzene rings is 2. The first kappa shape index (κ1) is 16.9. The van der Waals surface area contributed by atoms with Crippen LogP contribution in [-0.4, -0.2) is 36.3 Å². The first-order valence-electron chi connectivity index (χ1n) is 8.53. The van der Waals surface area contributed by atoms with E-state index in [1.54, 1.807) is 11.8 Å². The fourth-order valence-electron chi connectivity index (χ4n) is 2.81. The van der Waals surface area contributed by atoms with Crippen LogP contribution in [0.25, 0.3) is 0 Å². The topological polar surface area (TPSA) is 29.5 Å². The van der Waals surface area contributed by atoms with Crippen LogP contribution in [0.5, 0.6) is 5.75 Å². The van der Waals surface area contributed by atoms with E-state index in [0.717, 1.165) is 43.0 Å². The molecule has 1 fully saturated rings. The summed E-state index contributed by atoms with van der Waals surface area (Å²) < 4.78 is 5.76. The minimum atomic E-state index is 0.140. The summed E-state index contributed by atoms with van der Waals surface area (Å²) in [6.45, 7) is 2.42. The molecule has 3 nitrogen and oxygen atoms in total. The molecule has 0 aliphatic carbocycles. The average Bonchev–Trinajstić information content (AvgIpc) is 2.67. The van der Waals surface area contributed by atoms with Crippen LogP contribution in [0.1, 0.15) is 29.6 Å². The van der Waals surface area contributed by atoms with Crippen molar-refractivity contribution in [2.45, 2.75) is 24.2 Å². The van der Waals surface area contributed by atoms with Gasteiger partial charge in [-0.25, -0.2) is 0 Å². The molecule has 2 aromatic rings. The van der Waals surface area contributed by atoms with Crippen molar-refractivity contribution in [3.63, 3.8) is 0 Å². The summed E-state index contributed by atoms with van der Waals surface area (Å²) in [6.07, 6.45) is 3.47. The molecule has 2 aromatic carbocycles. The second-order valence-electron chi connectivity index (χ2n) is 5.89. The highest BCUT2D eigenvalue weighted by atomic mass is 32.2. The van der Waals surface area contributed by atoms with Crippen LogP contribution >= 0.6 is 11.8 Å². The number of rotatable bonds is 6. The highest BCUT2D eigenvalue weighted by Gasteiger charge is 2.17. The molecule has 0 aromatic heterocycles. The van der Waals surface area contributed by atoms with Crippen molar-refractivity contribution in [3.8, 4) is 5.75 Å². The van der Waals surface area contributed by atoms with Crippen molar-refractivity contribution in [1.82, 2.24) is 4.90 Å². The lowest BCUT2D eigenvalue weighted by Crippen LogP contribution is -2.35. The SMILES string of the molecule is O=C(c1ccc(OCCSc2ccccc2)cc1)N1CCCCC1. The summed E-state index contributed by atoms with van der Waals surface area (Å²) in [7, 11) is 0. The molecule has 0 bridgehead atoms. The molecule has 1 heterocycles. The Balaban J connectivity index is 1.45. The predicted octanol–water partition coefficient (Wildman–Crippen LogP) is 4.48. The van der Waals surface area contributed by atoms with Gasteiger partial charge in [-0.3, -0.25) is 4.79 Å². The second kappa shape index (κ2) is 8.78. The maximum Gasteiger partial charge on any atom is 0.253 e. The van der Waals surface area contributed by atoms with E-state index >= 15 is 0 Å². The van der Waals surface area contributed by atoms with Gasteiger partial charge in [-0.05, 0) is 55.7 Å². The number of nitrogens with zero attached hydrogens (tertiary/aromatic N) is 1. The van der Waals surface area contributed by atoms with Crippen LogP contribution in [-0.2, 0) is 0 Å². The van der Waals surface area contributed by atoms with E-state index in [2.05, 4.69) is 12.1 Å². The number of amides is 1. The van der Waals surface area contributed by atoms with E-state index in [1.807, 2.05) is 47.4 Å². The molecule has 1 aliphatic heterocycles. The van der Waals surface area contributed by atoms with Crippen LogP contribution in [0.3, 0.4) is 0 Å². The van der Waals surface area contributed by atoms with E-state index in [9.17, 15) is 4.79 Å². The standard InChI is InChI=1S/C20H23NO2S/c22-20(21-13-5-2-6-14-21)17-9-11-18(12-10-17)23-15-16-24-19-7-3-1-4-8-19/h1,3-4,7-12H,2,5-6,13-16H2. The number of hydrogen-bond donors (Lipinski definition) is 0. The van der Waals surface area contributed by atoms with Crippen molar-refractivity contribution < 1.29 is 9.53 Å². The lowest BCUT2D eigenvalue weighted by Gasteiger charge is -2.26. The number of ether oxygens (including phenoxy) is 1. The quantitative estimate of drug-likeness (QED) is 0.573. The first-order valence-corrected chi connectivity index (χ1v) is 9.51. The zero-order valence-corrected chi connectivity index (χ0v) is 14.6. The van der Waals surface area contributed by atoms with E-state index in [4.69, 9.17) is 4.74 Å². The van der Waals surface area contributed by atoms with Gasteiger partial charge in [0.05, 0.1) is 6.61 Å². The zero-order chi connectivity index (χ0) is 16.6. The lowest BCUT2D eigenvalue weighted by atomic mass is 10.1. The van der Waals surface area contributed by atoms with Gasteiger partial charge in [-0.1, -0.05) is 18.2 Å². The molecule has 1 aliphatic rings. The molecule has 3 rings (SSSR count). The van der Waals surface area contributed by atoms with Crippen LogP contribution in [0.2, 0.25) is 0 Å². The van der Waals surface area contributed by atoms with Crippen molar-refractivity contribution in [3.05, 3.63) is 60.2 Å². The lowest BCUT2D eigenvalue weighted by molar-refractivity contribution is 0.0724. The molecule has 0 radical (unpaired) electrons. The van der Waals surface area contributed by atoms with Gasteiger partial charge < -0.3 is 9.64 Å². The van der Waals surface area contributed by atoms with Gasteiger partial charge in [0, 0.05) is 29.3 Å². The van der Waals surface area contributed by atoms with E-state index in [1.165, 1.54) is 11.3 Å². The number of piperidine rings is 1. The Morgan fingerprint density at radius 1 is 0.958 bits per heavy atom. The third-order valence-electron chi connectivity index (χ3n) is 4.11. The maximum absolute atomic E-state index is 12.4. The van der Waals surface area contributed by atoms with Crippen molar-refractivity contribution >= 4 is 17.7 Å². The normalized spacial score (nSPS) is 14.4.